The number of likely N-dealkylation sites (tertiary alicyclic amines) is 1. The van der Waals surface area contributed by atoms with Crippen molar-refractivity contribution in [1.82, 2.24) is 4.90 Å². The standard InChI is InChI=1S/C12H15NO2S/c1-2-16-11-5-3-9(4-6-11)12(15)13-7-10(14)8-13/h3-6,10,14H,2,7-8H2,1H3. The molecule has 3 nitrogen and oxygen atoms in total. The maximum Gasteiger partial charge on any atom is 0.254 e. The molecule has 16 heavy (non-hydrogen) atoms. The molecule has 1 N–H and O–H groups in total. The minimum absolute atomic E-state index is 0.0124. The van der Waals surface area contributed by atoms with Crippen LogP contribution in [-0.4, -0.2) is 40.9 Å². The van der Waals surface area contributed by atoms with Gasteiger partial charge in [-0.25, -0.2) is 0 Å². The molecule has 1 amide bonds. The minimum atomic E-state index is -0.334. The van der Waals surface area contributed by atoms with Gasteiger partial charge >= 0.3 is 0 Å². The molecule has 0 aliphatic carbocycles. The number of carbonyl (C=O) groups excluding carboxylic acids is 1. The lowest BCUT2D eigenvalue weighted by atomic mass is 10.1. The zero-order valence-electron chi connectivity index (χ0n) is 9.22. The van der Waals surface area contributed by atoms with Crippen LogP contribution in [-0.2, 0) is 0 Å². The van der Waals surface area contributed by atoms with Crippen molar-refractivity contribution in [2.45, 2.75) is 17.9 Å². The number of aliphatic hydroxyl groups excluding tert-OH is 1. The van der Waals surface area contributed by atoms with Crippen LogP contribution in [0.5, 0.6) is 0 Å². The van der Waals surface area contributed by atoms with Gasteiger partial charge in [-0.15, -0.1) is 11.8 Å². The van der Waals surface area contributed by atoms with Gasteiger partial charge in [0.25, 0.3) is 5.91 Å². The van der Waals surface area contributed by atoms with Crippen molar-refractivity contribution < 1.29 is 9.90 Å². The fraction of sp³-hybridized carbons (Fsp3) is 0.417. The average Bonchev–Trinajstić information content (AvgIpc) is 2.25. The van der Waals surface area contributed by atoms with Crippen LogP contribution in [0, 0.1) is 0 Å². The van der Waals surface area contributed by atoms with E-state index in [9.17, 15) is 4.79 Å². The summed E-state index contributed by atoms with van der Waals surface area (Å²) in [5.74, 6) is 1.05. The number of hydrogen-bond donors (Lipinski definition) is 1. The number of hydrogen-bond acceptors (Lipinski definition) is 3. The van der Waals surface area contributed by atoms with Crippen LogP contribution in [0.25, 0.3) is 0 Å². The molecular weight excluding hydrogens is 222 g/mol. The summed E-state index contributed by atoms with van der Waals surface area (Å²) in [7, 11) is 0. The maximum atomic E-state index is 11.8. The van der Waals surface area contributed by atoms with Crippen LogP contribution >= 0.6 is 11.8 Å². The molecule has 2 rings (SSSR count). The van der Waals surface area contributed by atoms with Crippen molar-refractivity contribution in [3.8, 4) is 0 Å². The number of benzene rings is 1. The Morgan fingerprint density at radius 2 is 2.06 bits per heavy atom. The van der Waals surface area contributed by atoms with Crippen LogP contribution in [0.1, 0.15) is 17.3 Å². The molecule has 0 spiro atoms. The Morgan fingerprint density at radius 1 is 1.44 bits per heavy atom. The average molecular weight is 237 g/mol. The van der Waals surface area contributed by atoms with E-state index >= 15 is 0 Å². The summed E-state index contributed by atoms with van der Waals surface area (Å²) in [5.41, 5.74) is 0.701. The fourth-order valence-electron chi connectivity index (χ4n) is 1.66. The molecule has 0 atom stereocenters. The molecule has 0 unspecified atom stereocenters. The number of carbonyl (C=O) groups is 1. The maximum absolute atomic E-state index is 11.8. The highest BCUT2D eigenvalue weighted by Crippen LogP contribution is 2.19. The fourth-order valence-corrected chi connectivity index (χ4v) is 2.33. The Hall–Kier alpha value is -1.00. The van der Waals surface area contributed by atoms with E-state index in [0.29, 0.717) is 18.7 Å². The zero-order chi connectivity index (χ0) is 11.5. The molecule has 0 aromatic heterocycles. The van der Waals surface area contributed by atoms with Crippen LogP contribution in [0.15, 0.2) is 29.2 Å². The van der Waals surface area contributed by atoms with Gasteiger partial charge in [-0.3, -0.25) is 4.79 Å². The number of nitrogens with zero attached hydrogens (tertiary/aromatic N) is 1. The van der Waals surface area contributed by atoms with E-state index in [4.69, 9.17) is 5.11 Å². The van der Waals surface area contributed by atoms with Gasteiger partial charge < -0.3 is 10.0 Å². The van der Waals surface area contributed by atoms with Crippen molar-refractivity contribution in [3.05, 3.63) is 29.8 Å². The monoisotopic (exact) mass is 237 g/mol. The van der Waals surface area contributed by atoms with E-state index in [2.05, 4.69) is 6.92 Å². The summed E-state index contributed by atoms with van der Waals surface area (Å²) < 4.78 is 0. The molecule has 0 radical (unpaired) electrons. The van der Waals surface area contributed by atoms with Gasteiger partial charge in [0.1, 0.15) is 0 Å². The number of thioether (sulfide) groups is 1. The molecule has 1 aliphatic rings. The van der Waals surface area contributed by atoms with Crippen LogP contribution < -0.4 is 0 Å². The summed E-state index contributed by atoms with van der Waals surface area (Å²) in [6, 6.07) is 7.64. The molecule has 1 heterocycles. The van der Waals surface area contributed by atoms with E-state index in [1.165, 1.54) is 4.90 Å². The zero-order valence-corrected chi connectivity index (χ0v) is 10.0. The molecule has 0 saturated carbocycles. The van der Waals surface area contributed by atoms with Crippen molar-refractivity contribution in [2.24, 2.45) is 0 Å². The predicted molar refractivity (Wildman–Crippen MR) is 64.8 cm³/mol. The van der Waals surface area contributed by atoms with Gasteiger partial charge in [-0.05, 0) is 30.0 Å². The van der Waals surface area contributed by atoms with Crippen LogP contribution in [0.4, 0.5) is 0 Å². The third-order valence-corrected chi connectivity index (χ3v) is 3.46. The number of β-amino-alcohol motifs (C(OH)–C–C–N with tert-alkyl or cyclic N) is 1. The van der Waals surface area contributed by atoms with E-state index < -0.39 is 0 Å². The third-order valence-electron chi connectivity index (χ3n) is 2.56. The van der Waals surface area contributed by atoms with Crippen LogP contribution in [0.2, 0.25) is 0 Å². The van der Waals surface area contributed by atoms with Gasteiger partial charge in [0.15, 0.2) is 0 Å². The highest BCUT2D eigenvalue weighted by Gasteiger charge is 2.29. The van der Waals surface area contributed by atoms with Crippen molar-refractivity contribution >= 4 is 17.7 Å². The molecule has 1 fully saturated rings. The first-order chi connectivity index (χ1) is 7.70. The van der Waals surface area contributed by atoms with E-state index in [-0.39, 0.29) is 12.0 Å². The van der Waals surface area contributed by atoms with E-state index in [1.54, 1.807) is 16.7 Å². The Labute approximate surface area is 99.5 Å². The molecular formula is C12H15NO2S. The smallest absolute Gasteiger partial charge is 0.254 e. The van der Waals surface area contributed by atoms with Gasteiger partial charge in [0.05, 0.1) is 6.10 Å². The second kappa shape index (κ2) is 4.89. The van der Waals surface area contributed by atoms with Crippen LogP contribution in [0.3, 0.4) is 0 Å². The highest BCUT2D eigenvalue weighted by molar-refractivity contribution is 7.99. The third kappa shape index (κ3) is 2.39. The summed E-state index contributed by atoms with van der Waals surface area (Å²) >= 11 is 1.76. The topological polar surface area (TPSA) is 40.5 Å². The Bertz CT molecular complexity index is 371. The van der Waals surface area contributed by atoms with E-state index in [1.807, 2.05) is 24.3 Å². The first kappa shape index (κ1) is 11.5. The van der Waals surface area contributed by atoms with Gasteiger partial charge in [-0.1, -0.05) is 6.92 Å². The second-order valence-corrected chi connectivity index (χ2v) is 5.16. The number of aliphatic hydroxyl groups is 1. The quantitative estimate of drug-likeness (QED) is 0.812. The second-order valence-electron chi connectivity index (χ2n) is 3.82. The summed E-state index contributed by atoms with van der Waals surface area (Å²) in [6.45, 7) is 3.03. The Morgan fingerprint density at radius 3 is 2.56 bits per heavy atom. The molecule has 86 valence electrons. The number of rotatable bonds is 3. The molecule has 1 saturated heterocycles. The van der Waals surface area contributed by atoms with Crippen molar-refractivity contribution in [3.63, 3.8) is 0 Å². The summed E-state index contributed by atoms with van der Waals surface area (Å²) in [4.78, 5) is 14.7. The summed E-state index contributed by atoms with van der Waals surface area (Å²) in [5, 5.41) is 9.13. The first-order valence-electron chi connectivity index (χ1n) is 5.41. The van der Waals surface area contributed by atoms with Gasteiger partial charge in [-0.2, -0.15) is 0 Å². The SMILES string of the molecule is CCSc1ccc(C(=O)N2CC(O)C2)cc1. The first-order valence-corrected chi connectivity index (χ1v) is 6.39. The van der Waals surface area contributed by atoms with E-state index in [0.717, 1.165) is 5.75 Å². The van der Waals surface area contributed by atoms with Crippen molar-refractivity contribution in [2.75, 3.05) is 18.8 Å². The predicted octanol–water partition coefficient (Wildman–Crippen LogP) is 1.62. The normalized spacial score (nSPS) is 16.0. The molecule has 1 aromatic rings. The lowest BCUT2D eigenvalue weighted by Gasteiger charge is -2.35. The molecule has 1 aromatic carbocycles. The largest absolute Gasteiger partial charge is 0.389 e. The molecule has 0 bridgehead atoms. The van der Waals surface area contributed by atoms with Gasteiger partial charge in [0, 0.05) is 23.5 Å². The summed E-state index contributed by atoms with van der Waals surface area (Å²) in [6.07, 6.45) is -0.334. The Balaban J connectivity index is 2.01. The minimum Gasteiger partial charge on any atom is -0.389 e. The number of amides is 1. The highest BCUT2D eigenvalue weighted by atomic mass is 32.2. The lowest BCUT2D eigenvalue weighted by Crippen LogP contribution is -2.53. The molecule has 4 heteroatoms. The van der Waals surface area contributed by atoms with Gasteiger partial charge in [0.2, 0.25) is 0 Å². The van der Waals surface area contributed by atoms with Crippen molar-refractivity contribution in [1.29, 1.82) is 0 Å². The molecule has 1 aliphatic heterocycles. The Kier molecular flexibility index (Phi) is 3.51. The lowest BCUT2D eigenvalue weighted by molar-refractivity contribution is 0.00589.